The lowest BCUT2D eigenvalue weighted by Gasteiger charge is -2.18. The average molecular weight is 393 g/mol. The molecular formula is C21H22F3NOS. The third-order valence-electron chi connectivity index (χ3n) is 4.71. The minimum Gasteiger partial charge on any atom is -0.494 e. The summed E-state index contributed by atoms with van der Waals surface area (Å²) in [4.78, 5) is 0.270. The SMILES string of the molecule is Cc1cc(OCCC2CC2)cc(C)c1C(=S)Nc1ccccc1C(F)(F)F. The van der Waals surface area contributed by atoms with E-state index in [1.807, 2.05) is 26.0 Å². The Morgan fingerprint density at radius 1 is 1.15 bits per heavy atom. The molecule has 27 heavy (non-hydrogen) atoms. The van der Waals surface area contributed by atoms with Crippen LogP contribution in [0.25, 0.3) is 0 Å². The van der Waals surface area contributed by atoms with Crippen LogP contribution in [-0.4, -0.2) is 11.6 Å². The lowest BCUT2D eigenvalue weighted by atomic mass is 10.0. The maximum atomic E-state index is 13.2. The van der Waals surface area contributed by atoms with Crippen molar-refractivity contribution >= 4 is 22.9 Å². The first-order chi connectivity index (χ1) is 12.8. The number of rotatable bonds is 6. The van der Waals surface area contributed by atoms with Gasteiger partial charge in [-0.1, -0.05) is 37.2 Å². The Kier molecular flexibility index (Phi) is 5.75. The lowest BCUT2D eigenvalue weighted by molar-refractivity contribution is -0.136. The predicted octanol–water partition coefficient (Wildman–Crippen LogP) is 6.29. The topological polar surface area (TPSA) is 21.3 Å². The fourth-order valence-corrected chi connectivity index (χ4v) is 3.57. The normalized spacial score (nSPS) is 14.1. The molecule has 2 aromatic carbocycles. The first-order valence-electron chi connectivity index (χ1n) is 8.97. The monoisotopic (exact) mass is 393 g/mol. The number of alkyl halides is 3. The third-order valence-corrected chi connectivity index (χ3v) is 5.01. The number of ether oxygens (including phenoxy) is 1. The van der Waals surface area contributed by atoms with Gasteiger partial charge in [-0.2, -0.15) is 13.2 Å². The number of hydrogen-bond donors (Lipinski definition) is 1. The Morgan fingerprint density at radius 3 is 2.37 bits per heavy atom. The number of benzene rings is 2. The van der Waals surface area contributed by atoms with Crippen molar-refractivity contribution in [3.8, 4) is 5.75 Å². The molecule has 0 saturated heterocycles. The lowest BCUT2D eigenvalue weighted by Crippen LogP contribution is -2.17. The maximum Gasteiger partial charge on any atom is 0.418 e. The van der Waals surface area contributed by atoms with Crippen molar-refractivity contribution in [1.29, 1.82) is 0 Å². The van der Waals surface area contributed by atoms with E-state index in [1.54, 1.807) is 6.07 Å². The summed E-state index contributed by atoms with van der Waals surface area (Å²) >= 11 is 5.41. The van der Waals surface area contributed by atoms with Crippen molar-refractivity contribution in [2.75, 3.05) is 11.9 Å². The Morgan fingerprint density at radius 2 is 1.78 bits per heavy atom. The molecule has 2 aromatic rings. The molecule has 1 saturated carbocycles. The van der Waals surface area contributed by atoms with E-state index < -0.39 is 11.7 Å². The molecule has 0 unspecified atom stereocenters. The number of hydrogen-bond acceptors (Lipinski definition) is 2. The standard InChI is InChI=1S/C21H22F3NOS/c1-13-11-16(26-10-9-15-7-8-15)12-14(2)19(13)20(27)25-18-6-4-3-5-17(18)21(22,23)24/h3-6,11-12,15H,7-10H2,1-2H3,(H,25,27). The number of para-hydroxylation sites is 1. The zero-order valence-electron chi connectivity index (χ0n) is 15.3. The summed E-state index contributed by atoms with van der Waals surface area (Å²) in [7, 11) is 0. The van der Waals surface area contributed by atoms with Crippen LogP contribution in [0.3, 0.4) is 0 Å². The van der Waals surface area contributed by atoms with Gasteiger partial charge in [-0.25, -0.2) is 0 Å². The van der Waals surface area contributed by atoms with Gasteiger partial charge in [-0.05, 0) is 61.6 Å². The van der Waals surface area contributed by atoms with E-state index in [9.17, 15) is 13.2 Å². The van der Waals surface area contributed by atoms with Crippen molar-refractivity contribution in [1.82, 2.24) is 0 Å². The van der Waals surface area contributed by atoms with Crippen LogP contribution in [0.2, 0.25) is 0 Å². The minimum absolute atomic E-state index is 0.0430. The number of aryl methyl sites for hydroxylation is 2. The molecule has 6 heteroatoms. The first-order valence-corrected chi connectivity index (χ1v) is 9.38. The number of nitrogens with one attached hydrogen (secondary N) is 1. The van der Waals surface area contributed by atoms with Gasteiger partial charge in [0.2, 0.25) is 0 Å². The van der Waals surface area contributed by atoms with Crippen molar-refractivity contribution in [2.45, 2.75) is 39.3 Å². The van der Waals surface area contributed by atoms with Gasteiger partial charge in [0.1, 0.15) is 10.7 Å². The summed E-state index contributed by atoms with van der Waals surface area (Å²) in [6.45, 7) is 4.46. The van der Waals surface area contributed by atoms with Gasteiger partial charge >= 0.3 is 6.18 Å². The molecule has 3 rings (SSSR count). The van der Waals surface area contributed by atoms with Crippen molar-refractivity contribution < 1.29 is 17.9 Å². The minimum atomic E-state index is -4.44. The summed E-state index contributed by atoms with van der Waals surface area (Å²) in [5.41, 5.74) is 1.70. The van der Waals surface area contributed by atoms with Crippen LogP contribution in [0.1, 0.15) is 41.5 Å². The Bertz CT molecular complexity index is 821. The molecule has 1 fully saturated rings. The smallest absolute Gasteiger partial charge is 0.418 e. The summed E-state index contributed by atoms with van der Waals surface area (Å²) in [5.74, 6) is 1.57. The maximum absolute atomic E-state index is 13.2. The molecule has 0 bridgehead atoms. The fourth-order valence-electron chi connectivity index (χ4n) is 3.14. The molecule has 0 heterocycles. The summed E-state index contributed by atoms with van der Waals surface area (Å²) in [6, 6.07) is 9.12. The molecular weight excluding hydrogens is 371 g/mol. The highest BCUT2D eigenvalue weighted by molar-refractivity contribution is 7.81. The van der Waals surface area contributed by atoms with E-state index in [0.29, 0.717) is 6.61 Å². The quantitative estimate of drug-likeness (QED) is 0.583. The molecule has 0 aromatic heterocycles. The second-order valence-electron chi connectivity index (χ2n) is 7.01. The highest BCUT2D eigenvalue weighted by atomic mass is 32.1. The second kappa shape index (κ2) is 7.89. The zero-order valence-corrected chi connectivity index (χ0v) is 16.1. The Hall–Kier alpha value is -2.08. The molecule has 0 aliphatic heterocycles. The van der Waals surface area contributed by atoms with Crippen LogP contribution in [-0.2, 0) is 6.18 Å². The van der Waals surface area contributed by atoms with Gasteiger partial charge in [0.25, 0.3) is 0 Å². The van der Waals surface area contributed by atoms with Crippen LogP contribution in [0, 0.1) is 19.8 Å². The van der Waals surface area contributed by atoms with Crippen LogP contribution in [0.15, 0.2) is 36.4 Å². The molecule has 0 radical (unpaired) electrons. The molecule has 1 aliphatic carbocycles. The van der Waals surface area contributed by atoms with Gasteiger partial charge in [-0.3, -0.25) is 0 Å². The summed E-state index contributed by atoms with van der Waals surface area (Å²) < 4.78 is 45.4. The van der Waals surface area contributed by atoms with E-state index in [2.05, 4.69) is 5.32 Å². The number of thiocarbonyl (C=S) groups is 1. The molecule has 0 atom stereocenters. The Balaban J connectivity index is 1.77. The van der Waals surface area contributed by atoms with E-state index in [0.717, 1.165) is 40.8 Å². The van der Waals surface area contributed by atoms with Crippen molar-refractivity contribution in [3.05, 3.63) is 58.7 Å². The van der Waals surface area contributed by atoms with Gasteiger partial charge in [0, 0.05) is 5.56 Å². The van der Waals surface area contributed by atoms with Crippen LogP contribution >= 0.6 is 12.2 Å². The van der Waals surface area contributed by atoms with Gasteiger partial charge in [-0.15, -0.1) is 0 Å². The van der Waals surface area contributed by atoms with E-state index >= 15 is 0 Å². The van der Waals surface area contributed by atoms with Crippen LogP contribution < -0.4 is 10.1 Å². The van der Waals surface area contributed by atoms with Gasteiger partial charge in [0.15, 0.2) is 0 Å². The van der Waals surface area contributed by atoms with Gasteiger partial charge < -0.3 is 10.1 Å². The molecule has 0 spiro atoms. The van der Waals surface area contributed by atoms with Crippen LogP contribution in [0.4, 0.5) is 18.9 Å². The predicted molar refractivity (Wildman–Crippen MR) is 106 cm³/mol. The first kappa shape index (κ1) is 19.7. The number of anilines is 1. The fraction of sp³-hybridized carbons (Fsp3) is 0.381. The molecule has 144 valence electrons. The molecule has 2 nitrogen and oxygen atoms in total. The summed E-state index contributed by atoms with van der Waals surface area (Å²) in [6.07, 6.45) is -0.796. The zero-order chi connectivity index (χ0) is 19.6. The average Bonchev–Trinajstić information content (AvgIpc) is 3.38. The molecule has 1 aliphatic rings. The largest absolute Gasteiger partial charge is 0.494 e. The van der Waals surface area contributed by atoms with Crippen LogP contribution in [0.5, 0.6) is 5.75 Å². The highest BCUT2D eigenvalue weighted by Gasteiger charge is 2.33. The van der Waals surface area contributed by atoms with E-state index in [1.165, 1.54) is 25.0 Å². The number of halogens is 3. The Labute approximate surface area is 162 Å². The van der Waals surface area contributed by atoms with E-state index in [4.69, 9.17) is 17.0 Å². The van der Waals surface area contributed by atoms with Crippen molar-refractivity contribution in [3.63, 3.8) is 0 Å². The summed E-state index contributed by atoms with van der Waals surface area (Å²) in [5, 5.41) is 2.77. The van der Waals surface area contributed by atoms with Gasteiger partial charge in [0.05, 0.1) is 17.9 Å². The molecule has 0 amide bonds. The third kappa shape index (κ3) is 5.01. The van der Waals surface area contributed by atoms with Crippen molar-refractivity contribution in [2.24, 2.45) is 5.92 Å². The highest BCUT2D eigenvalue weighted by Crippen LogP contribution is 2.35. The molecule has 1 N–H and O–H groups in total. The second-order valence-corrected chi connectivity index (χ2v) is 7.42. The van der Waals surface area contributed by atoms with E-state index in [-0.39, 0.29) is 10.7 Å².